The summed E-state index contributed by atoms with van der Waals surface area (Å²) >= 11 is 0. The molecule has 0 aromatic heterocycles. The van der Waals surface area contributed by atoms with E-state index in [2.05, 4.69) is 13.2 Å². The summed E-state index contributed by atoms with van der Waals surface area (Å²) in [4.78, 5) is 0. The second-order valence-corrected chi connectivity index (χ2v) is 2.58. The van der Waals surface area contributed by atoms with Crippen LogP contribution in [0.2, 0.25) is 0 Å². The predicted octanol–water partition coefficient (Wildman–Crippen LogP) is 1.32. The number of hydrogen-bond donors (Lipinski definition) is 0. The van der Waals surface area contributed by atoms with Gasteiger partial charge < -0.3 is 10.2 Å². The van der Waals surface area contributed by atoms with Gasteiger partial charge in [-0.15, -0.1) is 24.7 Å². The van der Waals surface area contributed by atoms with Gasteiger partial charge in [0.05, 0.1) is 0 Å². The average molecular weight is 218 g/mol. The summed E-state index contributed by atoms with van der Waals surface area (Å²) in [6.45, 7) is 10.3. The Morgan fingerprint density at radius 1 is 0.923 bits per heavy atom. The molecule has 2 nitrogen and oxygen atoms in total. The maximum Gasteiger partial charge on any atom is 2.00 e. The third-order valence-corrected chi connectivity index (χ3v) is 1.06. The van der Waals surface area contributed by atoms with Gasteiger partial charge in [0.15, 0.2) is 0 Å². The molecule has 0 unspecified atom stereocenters. The first-order valence-corrected chi connectivity index (χ1v) is 4.24. The van der Waals surface area contributed by atoms with Crippen LogP contribution in [0, 0.1) is 0 Å². The molecule has 0 heterocycles. The monoisotopic (exact) mass is 218 g/mol. The van der Waals surface area contributed by atoms with Crippen molar-refractivity contribution in [3.63, 3.8) is 0 Å². The first kappa shape index (κ1) is 18.6. The van der Waals surface area contributed by atoms with E-state index in [9.17, 15) is 10.2 Å². The normalized spacial score (nSPS) is 7.54. The van der Waals surface area contributed by atoms with Crippen molar-refractivity contribution < 1.29 is 31.9 Å². The van der Waals surface area contributed by atoms with Crippen LogP contribution in [0.4, 0.5) is 0 Å². The van der Waals surface area contributed by atoms with Crippen LogP contribution >= 0.6 is 0 Å². The third kappa shape index (κ3) is 33.7. The number of hydrogen-bond acceptors (Lipinski definition) is 2. The summed E-state index contributed by atoms with van der Waals surface area (Å²) in [5.74, 6) is 0.0787. The maximum absolute atomic E-state index is 9.93. The topological polar surface area (TPSA) is 46.1 Å². The molecule has 74 valence electrons. The van der Waals surface area contributed by atoms with Gasteiger partial charge in [0.1, 0.15) is 0 Å². The van der Waals surface area contributed by atoms with Crippen LogP contribution in [0.15, 0.2) is 24.7 Å². The standard InChI is InChI=1S/2C5H10O.Ti/c2*1-3-4-5(2)6;/h2*6H,2-4H2,1H3;/q;;+2/p-2. The van der Waals surface area contributed by atoms with E-state index in [1.165, 1.54) is 0 Å². The minimum atomic E-state index is 0. The van der Waals surface area contributed by atoms with E-state index < -0.39 is 0 Å². The smallest absolute Gasteiger partial charge is 0.876 e. The van der Waals surface area contributed by atoms with Gasteiger partial charge in [-0.25, -0.2) is 0 Å². The van der Waals surface area contributed by atoms with Crippen molar-refractivity contribution in [3.05, 3.63) is 24.7 Å². The third-order valence-electron chi connectivity index (χ3n) is 1.06. The predicted molar refractivity (Wildman–Crippen MR) is 48.1 cm³/mol. The van der Waals surface area contributed by atoms with Crippen LogP contribution in [0.5, 0.6) is 0 Å². The van der Waals surface area contributed by atoms with E-state index in [4.69, 9.17) is 0 Å². The fourth-order valence-electron chi connectivity index (χ4n) is 0.558. The van der Waals surface area contributed by atoms with E-state index in [1.807, 2.05) is 13.8 Å². The van der Waals surface area contributed by atoms with Crippen molar-refractivity contribution in [2.75, 3.05) is 0 Å². The fourth-order valence-corrected chi connectivity index (χ4v) is 0.558. The summed E-state index contributed by atoms with van der Waals surface area (Å²) in [5.41, 5.74) is 0. The molecule has 13 heavy (non-hydrogen) atoms. The van der Waals surface area contributed by atoms with E-state index >= 15 is 0 Å². The van der Waals surface area contributed by atoms with Crippen molar-refractivity contribution in [1.29, 1.82) is 0 Å². The zero-order valence-electron chi connectivity index (χ0n) is 8.56. The molecule has 0 amide bonds. The van der Waals surface area contributed by atoms with E-state index in [0.717, 1.165) is 12.8 Å². The molecular weight excluding hydrogens is 200 g/mol. The van der Waals surface area contributed by atoms with Crippen LogP contribution in [-0.4, -0.2) is 0 Å². The molecule has 0 aliphatic heterocycles. The molecule has 3 heteroatoms. The molecule has 0 radical (unpaired) electrons. The first-order chi connectivity index (χ1) is 5.54. The zero-order chi connectivity index (χ0) is 9.98. The molecule has 0 rings (SSSR count). The number of rotatable bonds is 4. The molecule has 0 saturated heterocycles. The van der Waals surface area contributed by atoms with Crippen LogP contribution < -0.4 is 10.2 Å². The second-order valence-electron chi connectivity index (χ2n) is 2.58. The van der Waals surface area contributed by atoms with Crippen molar-refractivity contribution >= 4 is 0 Å². The van der Waals surface area contributed by atoms with E-state index in [0.29, 0.717) is 12.8 Å². The van der Waals surface area contributed by atoms with Gasteiger partial charge in [-0.3, -0.25) is 0 Å². The second kappa shape index (κ2) is 14.3. The molecule has 0 spiro atoms. The Bertz CT molecular complexity index is 117. The first-order valence-electron chi connectivity index (χ1n) is 4.24. The summed E-state index contributed by atoms with van der Waals surface area (Å²) in [6, 6.07) is 0. The van der Waals surface area contributed by atoms with Crippen molar-refractivity contribution in [3.8, 4) is 0 Å². The summed E-state index contributed by atoms with van der Waals surface area (Å²) in [5, 5.41) is 19.9. The van der Waals surface area contributed by atoms with Gasteiger partial charge in [-0.1, -0.05) is 26.7 Å². The molecule has 0 fully saturated rings. The molecule has 0 atom stereocenters. The van der Waals surface area contributed by atoms with Gasteiger partial charge in [0.25, 0.3) is 0 Å². The largest absolute Gasteiger partial charge is 2.00 e. The quantitative estimate of drug-likeness (QED) is 0.527. The Morgan fingerprint density at radius 2 is 1.15 bits per heavy atom. The van der Waals surface area contributed by atoms with Crippen LogP contribution in [-0.2, 0) is 21.7 Å². The minimum absolute atomic E-state index is 0. The molecule has 0 aromatic rings. The van der Waals surface area contributed by atoms with Crippen LogP contribution in [0.1, 0.15) is 39.5 Å². The van der Waals surface area contributed by atoms with Crippen molar-refractivity contribution in [1.82, 2.24) is 0 Å². The van der Waals surface area contributed by atoms with Crippen LogP contribution in [0.3, 0.4) is 0 Å². The Hall–Kier alpha value is -0.206. The molecule has 0 saturated carbocycles. The van der Waals surface area contributed by atoms with Gasteiger partial charge in [-0.05, 0) is 12.8 Å². The van der Waals surface area contributed by atoms with Gasteiger partial charge in [0, 0.05) is 0 Å². The Kier molecular flexibility index (Phi) is 20.4. The van der Waals surface area contributed by atoms with Gasteiger partial charge in [-0.2, -0.15) is 0 Å². The minimum Gasteiger partial charge on any atom is -0.876 e. The Morgan fingerprint density at radius 3 is 1.15 bits per heavy atom. The summed E-state index contributed by atoms with van der Waals surface area (Å²) in [6.07, 6.45) is 3.09. The molecule has 0 aliphatic rings. The Balaban J connectivity index is -0.000000143. The molecule has 0 aliphatic carbocycles. The average Bonchev–Trinajstić information content (AvgIpc) is 1.87. The Labute approximate surface area is 96.2 Å². The molecule has 0 bridgehead atoms. The van der Waals surface area contributed by atoms with Crippen molar-refractivity contribution in [2.24, 2.45) is 0 Å². The van der Waals surface area contributed by atoms with E-state index in [1.54, 1.807) is 0 Å². The van der Waals surface area contributed by atoms with Gasteiger partial charge >= 0.3 is 21.7 Å². The SMILES string of the molecule is C=C([O-])CCC.C=C([O-])CCC.[Ti+2]. The zero-order valence-corrected chi connectivity index (χ0v) is 10.1. The number of allylic oxidation sites excluding steroid dienone is 2. The summed E-state index contributed by atoms with van der Waals surface area (Å²) in [7, 11) is 0. The van der Waals surface area contributed by atoms with E-state index in [-0.39, 0.29) is 33.2 Å². The fraction of sp³-hybridized carbons (Fsp3) is 0.600. The van der Waals surface area contributed by atoms with Crippen LogP contribution in [0.25, 0.3) is 0 Å². The van der Waals surface area contributed by atoms with Crippen molar-refractivity contribution in [2.45, 2.75) is 39.5 Å². The van der Waals surface area contributed by atoms with Gasteiger partial charge in [0.2, 0.25) is 0 Å². The molecular formula is C10H18O2Ti. The summed E-state index contributed by atoms with van der Waals surface area (Å²) < 4.78 is 0. The molecule has 0 N–H and O–H groups in total. The maximum atomic E-state index is 9.93. The molecule has 0 aromatic carbocycles.